The van der Waals surface area contributed by atoms with E-state index in [9.17, 15) is 9.59 Å². The highest BCUT2D eigenvalue weighted by molar-refractivity contribution is 5.89. The van der Waals surface area contributed by atoms with Crippen molar-refractivity contribution in [3.8, 4) is 0 Å². The lowest BCUT2D eigenvalue weighted by Crippen LogP contribution is -2.53. The Balaban J connectivity index is 2.03. The highest BCUT2D eigenvalue weighted by Gasteiger charge is 2.33. The van der Waals surface area contributed by atoms with Gasteiger partial charge in [0.1, 0.15) is 6.04 Å². The smallest absolute Gasteiger partial charge is 0.245 e. The Bertz CT molecular complexity index is 407. The van der Waals surface area contributed by atoms with Crippen molar-refractivity contribution in [3.63, 3.8) is 0 Å². The van der Waals surface area contributed by atoms with Crippen molar-refractivity contribution in [3.05, 3.63) is 0 Å². The summed E-state index contributed by atoms with van der Waals surface area (Å²) in [6.07, 6.45) is 9.14. The third-order valence-corrected chi connectivity index (χ3v) is 5.57. The van der Waals surface area contributed by atoms with Gasteiger partial charge in [-0.05, 0) is 46.1 Å². The quantitative estimate of drug-likeness (QED) is 0.786. The Labute approximate surface area is 140 Å². The number of nitrogens with zero attached hydrogens (tertiary/aromatic N) is 1. The SMILES string of the molecule is CN[C@@H](C)C(=O)N[C@@H](CC1CCCCC1)C(=O)N1CCC[C@H]1C. The van der Waals surface area contributed by atoms with E-state index in [4.69, 9.17) is 0 Å². The maximum atomic E-state index is 13.0. The summed E-state index contributed by atoms with van der Waals surface area (Å²) in [6.45, 7) is 4.77. The second kappa shape index (κ2) is 8.67. The predicted octanol–water partition coefficient (Wildman–Crippen LogP) is 2.06. The van der Waals surface area contributed by atoms with Gasteiger partial charge in [-0.3, -0.25) is 9.59 Å². The number of carbonyl (C=O) groups is 2. The number of carbonyl (C=O) groups excluding carboxylic acids is 2. The maximum absolute atomic E-state index is 13.0. The summed E-state index contributed by atoms with van der Waals surface area (Å²) in [5.41, 5.74) is 0. The Kier molecular flexibility index (Phi) is 6.88. The van der Waals surface area contributed by atoms with E-state index in [1.165, 1.54) is 32.1 Å². The molecule has 0 aromatic heterocycles. The van der Waals surface area contributed by atoms with E-state index in [0.717, 1.165) is 25.8 Å². The minimum atomic E-state index is -0.359. The van der Waals surface area contributed by atoms with E-state index in [1.54, 1.807) is 7.05 Å². The molecule has 0 unspecified atom stereocenters. The van der Waals surface area contributed by atoms with Crippen molar-refractivity contribution < 1.29 is 9.59 Å². The normalized spacial score (nSPS) is 25.2. The first-order valence-corrected chi connectivity index (χ1v) is 9.31. The zero-order chi connectivity index (χ0) is 16.8. The number of hydrogen-bond donors (Lipinski definition) is 2. The van der Waals surface area contributed by atoms with Crippen molar-refractivity contribution in [2.75, 3.05) is 13.6 Å². The zero-order valence-corrected chi connectivity index (χ0v) is 14.9. The summed E-state index contributed by atoms with van der Waals surface area (Å²) in [4.78, 5) is 27.2. The van der Waals surface area contributed by atoms with Gasteiger partial charge in [0.05, 0.1) is 6.04 Å². The Hall–Kier alpha value is -1.10. The molecule has 1 aliphatic carbocycles. The Morgan fingerprint density at radius 1 is 1.13 bits per heavy atom. The van der Waals surface area contributed by atoms with Crippen molar-refractivity contribution in [1.82, 2.24) is 15.5 Å². The third-order valence-electron chi connectivity index (χ3n) is 5.57. The molecule has 2 aliphatic rings. The van der Waals surface area contributed by atoms with Gasteiger partial charge in [-0.25, -0.2) is 0 Å². The van der Waals surface area contributed by atoms with Gasteiger partial charge < -0.3 is 15.5 Å². The van der Waals surface area contributed by atoms with Crippen molar-refractivity contribution >= 4 is 11.8 Å². The molecule has 2 amide bonds. The molecule has 23 heavy (non-hydrogen) atoms. The fourth-order valence-corrected chi connectivity index (χ4v) is 3.87. The second-order valence-corrected chi connectivity index (χ2v) is 7.33. The van der Waals surface area contributed by atoms with Crippen LogP contribution in [0.15, 0.2) is 0 Å². The van der Waals surface area contributed by atoms with Gasteiger partial charge in [-0.1, -0.05) is 32.1 Å². The first kappa shape index (κ1) is 18.2. The molecule has 0 spiro atoms. The highest BCUT2D eigenvalue weighted by Crippen LogP contribution is 2.28. The number of rotatable bonds is 6. The van der Waals surface area contributed by atoms with E-state index in [-0.39, 0.29) is 23.9 Å². The van der Waals surface area contributed by atoms with Crippen LogP contribution in [-0.2, 0) is 9.59 Å². The van der Waals surface area contributed by atoms with Crippen LogP contribution in [0, 0.1) is 5.92 Å². The van der Waals surface area contributed by atoms with Gasteiger partial charge >= 0.3 is 0 Å². The lowest BCUT2D eigenvalue weighted by Gasteiger charge is -2.31. The van der Waals surface area contributed by atoms with Gasteiger partial charge in [0.15, 0.2) is 0 Å². The molecule has 0 radical (unpaired) electrons. The van der Waals surface area contributed by atoms with E-state index < -0.39 is 0 Å². The molecule has 1 saturated carbocycles. The molecule has 5 heteroatoms. The molecule has 1 saturated heterocycles. The van der Waals surface area contributed by atoms with Gasteiger partial charge in [0.25, 0.3) is 0 Å². The maximum Gasteiger partial charge on any atom is 0.245 e. The van der Waals surface area contributed by atoms with Gasteiger partial charge in [-0.15, -0.1) is 0 Å². The van der Waals surface area contributed by atoms with Crippen LogP contribution in [0.25, 0.3) is 0 Å². The summed E-state index contributed by atoms with van der Waals surface area (Å²) < 4.78 is 0. The van der Waals surface area contributed by atoms with Crippen molar-refractivity contribution in [1.29, 1.82) is 0 Å². The summed E-state index contributed by atoms with van der Waals surface area (Å²) in [5.74, 6) is 0.617. The summed E-state index contributed by atoms with van der Waals surface area (Å²) >= 11 is 0. The summed E-state index contributed by atoms with van der Waals surface area (Å²) in [5, 5.41) is 5.97. The molecular weight excluding hydrogens is 290 g/mol. The minimum absolute atomic E-state index is 0.0755. The van der Waals surface area contributed by atoms with E-state index >= 15 is 0 Å². The fraction of sp³-hybridized carbons (Fsp3) is 0.889. The molecule has 3 atom stereocenters. The fourth-order valence-electron chi connectivity index (χ4n) is 3.87. The van der Waals surface area contributed by atoms with Crippen LogP contribution in [0.4, 0.5) is 0 Å². The standard InChI is InChI=1S/C18H33N3O2/c1-13-8-7-11-21(13)18(23)16(20-17(22)14(2)19-3)12-15-9-5-4-6-10-15/h13-16,19H,4-12H2,1-3H3,(H,20,22)/t13-,14+,16+/m1/s1. The predicted molar refractivity (Wildman–Crippen MR) is 92.1 cm³/mol. The van der Waals surface area contributed by atoms with Crippen LogP contribution in [0.3, 0.4) is 0 Å². The molecule has 0 aromatic carbocycles. The third kappa shape index (κ3) is 4.93. The Morgan fingerprint density at radius 3 is 2.39 bits per heavy atom. The first-order chi connectivity index (χ1) is 11.0. The zero-order valence-electron chi connectivity index (χ0n) is 14.9. The number of nitrogens with one attached hydrogen (secondary N) is 2. The van der Waals surface area contributed by atoms with Crippen LogP contribution in [0.1, 0.15) is 65.2 Å². The van der Waals surface area contributed by atoms with Crippen LogP contribution >= 0.6 is 0 Å². The highest BCUT2D eigenvalue weighted by atomic mass is 16.2. The second-order valence-electron chi connectivity index (χ2n) is 7.33. The van der Waals surface area contributed by atoms with Crippen molar-refractivity contribution in [2.45, 2.75) is 83.3 Å². The van der Waals surface area contributed by atoms with Crippen LogP contribution in [-0.4, -0.2) is 48.4 Å². The topological polar surface area (TPSA) is 61.4 Å². The summed E-state index contributed by atoms with van der Waals surface area (Å²) in [7, 11) is 1.77. The average Bonchev–Trinajstić information content (AvgIpc) is 2.99. The molecule has 1 aliphatic heterocycles. The lowest BCUT2D eigenvalue weighted by atomic mass is 9.84. The molecule has 0 aromatic rings. The molecule has 132 valence electrons. The molecule has 1 heterocycles. The number of hydrogen-bond acceptors (Lipinski definition) is 3. The average molecular weight is 323 g/mol. The first-order valence-electron chi connectivity index (χ1n) is 9.31. The molecular formula is C18H33N3O2. The van der Waals surface area contributed by atoms with Crippen molar-refractivity contribution in [2.24, 2.45) is 5.92 Å². The number of likely N-dealkylation sites (N-methyl/N-ethyl adjacent to an activating group) is 1. The minimum Gasteiger partial charge on any atom is -0.343 e. The van der Waals surface area contributed by atoms with E-state index in [1.807, 2.05) is 11.8 Å². The molecule has 5 nitrogen and oxygen atoms in total. The van der Waals surface area contributed by atoms with E-state index in [2.05, 4.69) is 17.6 Å². The molecule has 2 rings (SSSR count). The lowest BCUT2D eigenvalue weighted by molar-refractivity contribution is -0.137. The molecule has 2 N–H and O–H groups in total. The monoisotopic (exact) mass is 323 g/mol. The van der Waals surface area contributed by atoms with Gasteiger partial charge in [0, 0.05) is 12.6 Å². The van der Waals surface area contributed by atoms with Crippen LogP contribution < -0.4 is 10.6 Å². The Morgan fingerprint density at radius 2 is 1.83 bits per heavy atom. The molecule has 0 bridgehead atoms. The van der Waals surface area contributed by atoms with E-state index in [0.29, 0.717) is 12.0 Å². The largest absolute Gasteiger partial charge is 0.343 e. The number of likely N-dealkylation sites (tertiary alicyclic amines) is 1. The van der Waals surface area contributed by atoms with Gasteiger partial charge in [0.2, 0.25) is 11.8 Å². The van der Waals surface area contributed by atoms with Crippen LogP contribution in [0.2, 0.25) is 0 Å². The number of amides is 2. The molecule has 2 fully saturated rings. The van der Waals surface area contributed by atoms with Crippen LogP contribution in [0.5, 0.6) is 0 Å². The summed E-state index contributed by atoms with van der Waals surface area (Å²) in [6, 6.07) is -0.329. The van der Waals surface area contributed by atoms with Gasteiger partial charge in [-0.2, -0.15) is 0 Å².